The zero-order valence-electron chi connectivity index (χ0n) is 11.4. The van der Waals surface area contributed by atoms with Gasteiger partial charge in [-0.1, -0.05) is 18.2 Å². The number of benzene rings is 2. The zero-order valence-corrected chi connectivity index (χ0v) is 12.9. The van der Waals surface area contributed by atoms with E-state index in [0.717, 1.165) is 22.4 Å². The average Bonchev–Trinajstić information content (AvgIpc) is 2.41. The van der Waals surface area contributed by atoms with Crippen molar-refractivity contribution in [3.63, 3.8) is 0 Å². The summed E-state index contributed by atoms with van der Waals surface area (Å²) in [5, 5.41) is 9.53. The molecule has 0 aliphatic heterocycles. The van der Waals surface area contributed by atoms with E-state index in [9.17, 15) is 9.50 Å². The van der Waals surface area contributed by atoms with Crippen LogP contribution in [0.5, 0.6) is 5.75 Å². The lowest BCUT2D eigenvalue weighted by molar-refractivity contribution is 0.199. The molecular formula is C16H16BrFO2. The van der Waals surface area contributed by atoms with Crippen LogP contribution in [-0.2, 0) is 6.61 Å². The Bertz CT molecular complexity index is 611. The Labute approximate surface area is 126 Å². The number of hydrogen-bond donors (Lipinski definition) is 1. The molecule has 1 N–H and O–H groups in total. The molecule has 0 saturated carbocycles. The van der Waals surface area contributed by atoms with Crippen molar-refractivity contribution in [3.05, 3.63) is 63.4 Å². The van der Waals surface area contributed by atoms with E-state index in [-0.39, 0.29) is 12.4 Å². The van der Waals surface area contributed by atoms with Crippen molar-refractivity contribution in [3.8, 4) is 5.75 Å². The first kappa shape index (κ1) is 15.0. The van der Waals surface area contributed by atoms with E-state index in [1.165, 1.54) is 6.07 Å². The number of aliphatic hydroxyl groups is 1. The van der Waals surface area contributed by atoms with E-state index in [4.69, 9.17) is 4.74 Å². The lowest BCUT2D eigenvalue weighted by Gasteiger charge is -2.13. The van der Waals surface area contributed by atoms with Gasteiger partial charge in [0.1, 0.15) is 18.2 Å². The molecule has 0 aliphatic rings. The van der Waals surface area contributed by atoms with E-state index in [0.29, 0.717) is 4.47 Å². The molecule has 0 aliphatic carbocycles. The lowest BCUT2D eigenvalue weighted by atomic mass is 10.1. The fourth-order valence-corrected chi connectivity index (χ4v) is 2.29. The Morgan fingerprint density at radius 3 is 2.70 bits per heavy atom. The van der Waals surface area contributed by atoms with E-state index < -0.39 is 6.10 Å². The molecule has 0 unspecified atom stereocenters. The first-order chi connectivity index (χ1) is 9.49. The van der Waals surface area contributed by atoms with E-state index in [2.05, 4.69) is 15.9 Å². The second-order valence-corrected chi connectivity index (χ2v) is 5.50. The van der Waals surface area contributed by atoms with E-state index in [1.807, 2.05) is 31.2 Å². The van der Waals surface area contributed by atoms with Crippen molar-refractivity contribution in [2.45, 2.75) is 26.6 Å². The quantitative estimate of drug-likeness (QED) is 0.887. The maximum absolute atomic E-state index is 13.4. The van der Waals surface area contributed by atoms with Gasteiger partial charge in [0.25, 0.3) is 0 Å². The minimum Gasteiger partial charge on any atom is -0.489 e. The van der Waals surface area contributed by atoms with Gasteiger partial charge in [0.2, 0.25) is 0 Å². The Hall–Kier alpha value is -1.39. The molecule has 0 amide bonds. The van der Waals surface area contributed by atoms with Crippen molar-refractivity contribution in [1.82, 2.24) is 0 Å². The van der Waals surface area contributed by atoms with Crippen molar-refractivity contribution in [2.75, 3.05) is 0 Å². The third-order valence-electron chi connectivity index (χ3n) is 3.10. The van der Waals surface area contributed by atoms with Gasteiger partial charge in [-0.2, -0.15) is 0 Å². The van der Waals surface area contributed by atoms with E-state index >= 15 is 0 Å². The number of halogens is 2. The number of aliphatic hydroxyl groups excluding tert-OH is 1. The second kappa shape index (κ2) is 6.37. The highest BCUT2D eigenvalue weighted by Crippen LogP contribution is 2.26. The highest BCUT2D eigenvalue weighted by molar-refractivity contribution is 9.10. The van der Waals surface area contributed by atoms with Crippen LogP contribution in [0.1, 0.15) is 29.7 Å². The molecule has 0 saturated heterocycles. The summed E-state index contributed by atoms with van der Waals surface area (Å²) in [6.07, 6.45) is -0.500. The van der Waals surface area contributed by atoms with Gasteiger partial charge in [-0.15, -0.1) is 0 Å². The third-order valence-corrected chi connectivity index (χ3v) is 3.98. The fourth-order valence-electron chi connectivity index (χ4n) is 1.91. The van der Waals surface area contributed by atoms with Gasteiger partial charge in [0, 0.05) is 5.56 Å². The monoisotopic (exact) mass is 338 g/mol. The predicted octanol–water partition coefficient (Wildman–Crippen LogP) is 4.53. The standard InChI is InChI=1S/C16H16BrFO2/c1-10-8-12(11(2)19)6-7-15(10)20-9-13-4-3-5-14(18)16(13)17/h3-8,11,19H,9H2,1-2H3/t11-/m0/s1. The molecule has 0 radical (unpaired) electrons. The molecule has 2 nitrogen and oxygen atoms in total. The van der Waals surface area contributed by atoms with Crippen LogP contribution in [0.15, 0.2) is 40.9 Å². The van der Waals surface area contributed by atoms with Crippen LogP contribution in [0.4, 0.5) is 4.39 Å². The average molecular weight is 339 g/mol. The summed E-state index contributed by atoms with van der Waals surface area (Å²) in [5.74, 6) is 0.429. The van der Waals surface area contributed by atoms with Crippen molar-refractivity contribution < 1.29 is 14.2 Å². The molecule has 0 bridgehead atoms. The zero-order chi connectivity index (χ0) is 14.7. The van der Waals surface area contributed by atoms with Crippen LogP contribution in [-0.4, -0.2) is 5.11 Å². The summed E-state index contributed by atoms with van der Waals surface area (Å²) in [7, 11) is 0. The molecule has 0 aromatic heterocycles. The van der Waals surface area contributed by atoms with E-state index in [1.54, 1.807) is 13.0 Å². The van der Waals surface area contributed by atoms with Gasteiger partial charge < -0.3 is 9.84 Å². The number of aryl methyl sites for hydroxylation is 1. The summed E-state index contributed by atoms with van der Waals surface area (Å²) < 4.78 is 19.5. The normalized spacial score (nSPS) is 12.2. The molecule has 20 heavy (non-hydrogen) atoms. The summed E-state index contributed by atoms with van der Waals surface area (Å²) >= 11 is 3.21. The second-order valence-electron chi connectivity index (χ2n) is 4.70. The Morgan fingerprint density at radius 1 is 1.30 bits per heavy atom. The van der Waals surface area contributed by atoms with Crippen LogP contribution in [0.3, 0.4) is 0 Å². The molecule has 1 atom stereocenters. The molecule has 2 rings (SSSR count). The van der Waals surface area contributed by atoms with Gasteiger partial charge in [-0.25, -0.2) is 4.39 Å². The maximum atomic E-state index is 13.4. The molecule has 2 aromatic rings. The number of hydrogen-bond acceptors (Lipinski definition) is 2. The van der Waals surface area contributed by atoms with Crippen LogP contribution < -0.4 is 4.74 Å². The van der Waals surface area contributed by atoms with Crippen LogP contribution in [0, 0.1) is 12.7 Å². The smallest absolute Gasteiger partial charge is 0.137 e. The summed E-state index contributed by atoms with van der Waals surface area (Å²) in [4.78, 5) is 0. The Kier molecular flexibility index (Phi) is 4.78. The highest BCUT2D eigenvalue weighted by atomic mass is 79.9. The SMILES string of the molecule is Cc1cc([C@H](C)O)ccc1OCc1cccc(F)c1Br. The van der Waals surface area contributed by atoms with Crippen molar-refractivity contribution in [2.24, 2.45) is 0 Å². The van der Waals surface area contributed by atoms with Crippen molar-refractivity contribution in [1.29, 1.82) is 0 Å². The molecular weight excluding hydrogens is 323 g/mol. The minimum absolute atomic E-state index is 0.285. The molecule has 2 aromatic carbocycles. The molecule has 0 spiro atoms. The van der Waals surface area contributed by atoms with Gasteiger partial charge in [0.05, 0.1) is 10.6 Å². The Balaban J connectivity index is 2.13. The Morgan fingerprint density at radius 2 is 2.05 bits per heavy atom. The van der Waals surface area contributed by atoms with Gasteiger partial charge in [0.15, 0.2) is 0 Å². The molecule has 0 heterocycles. The third kappa shape index (κ3) is 3.38. The first-order valence-corrected chi connectivity index (χ1v) is 7.12. The molecule has 4 heteroatoms. The van der Waals surface area contributed by atoms with Crippen LogP contribution in [0.2, 0.25) is 0 Å². The first-order valence-electron chi connectivity index (χ1n) is 6.33. The van der Waals surface area contributed by atoms with Crippen LogP contribution in [0.25, 0.3) is 0 Å². The maximum Gasteiger partial charge on any atom is 0.137 e. The minimum atomic E-state index is -0.500. The van der Waals surface area contributed by atoms with Gasteiger partial charge in [-0.3, -0.25) is 0 Å². The highest BCUT2D eigenvalue weighted by Gasteiger charge is 2.08. The molecule has 0 fully saturated rings. The number of ether oxygens (including phenoxy) is 1. The molecule has 106 valence electrons. The summed E-state index contributed by atoms with van der Waals surface area (Å²) in [6.45, 7) is 3.92. The van der Waals surface area contributed by atoms with Gasteiger partial charge in [-0.05, 0) is 59.1 Å². The van der Waals surface area contributed by atoms with Gasteiger partial charge >= 0.3 is 0 Å². The fraction of sp³-hybridized carbons (Fsp3) is 0.250. The number of rotatable bonds is 4. The largest absolute Gasteiger partial charge is 0.489 e. The predicted molar refractivity (Wildman–Crippen MR) is 80.2 cm³/mol. The lowest BCUT2D eigenvalue weighted by Crippen LogP contribution is -2.00. The topological polar surface area (TPSA) is 29.5 Å². The van der Waals surface area contributed by atoms with Crippen LogP contribution >= 0.6 is 15.9 Å². The summed E-state index contributed by atoms with van der Waals surface area (Å²) in [6, 6.07) is 10.4. The van der Waals surface area contributed by atoms with Crippen molar-refractivity contribution >= 4 is 15.9 Å². The summed E-state index contributed by atoms with van der Waals surface area (Å²) in [5.41, 5.74) is 2.54.